The quantitative estimate of drug-likeness (QED) is 0.299. The molecule has 0 unspecified atom stereocenters. The number of nitrogens with zero attached hydrogens (tertiary/aromatic N) is 1. The maximum Gasteiger partial charge on any atom is 0.323 e. The van der Waals surface area contributed by atoms with E-state index in [2.05, 4.69) is 20.9 Å². The summed E-state index contributed by atoms with van der Waals surface area (Å²) in [6.07, 6.45) is 0. The van der Waals surface area contributed by atoms with E-state index >= 15 is 0 Å². The van der Waals surface area contributed by atoms with E-state index in [4.69, 9.17) is 0 Å². The number of para-hydroxylation sites is 1. The number of aryl methyl sites for hydroxylation is 1. The van der Waals surface area contributed by atoms with Crippen LogP contribution >= 0.6 is 23.1 Å². The Morgan fingerprint density at radius 1 is 0.969 bits per heavy atom. The van der Waals surface area contributed by atoms with Crippen molar-refractivity contribution in [2.24, 2.45) is 0 Å². The average Bonchev–Trinajstić information content (AvgIpc) is 3.18. The van der Waals surface area contributed by atoms with Crippen molar-refractivity contribution in [3.63, 3.8) is 0 Å². The van der Waals surface area contributed by atoms with Gasteiger partial charge in [-0.3, -0.25) is 4.79 Å². The number of urea groups is 1. The first-order valence-corrected chi connectivity index (χ1v) is 11.5. The molecule has 0 saturated heterocycles. The molecule has 3 amide bonds. The minimum Gasteiger partial charge on any atom is -0.325 e. The molecule has 3 aromatic carbocycles. The number of rotatable bonds is 6. The number of aromatic nitrogens is 1. The molecule has 0 atom stereocenters. The summed E-state index contributed by atoms with van der Waals surface area (Å²) in [6, 6.07) is 18.4. The predicted molar refractivity (Wildman–Crippen MR) is 129 cm³/mol. The summed E-state index contributed by atoms with van der Waals surface area (Å²) in [6.45, 7) is 1.99. The fourth-order valence-corrected chi connectivity index (χ4v) is 4.76. The Labute approximate surface area is 192 Å². The maximum absolute atomic E-state index is 13.7. The second kappa shape index (κ2) is 9.80. The van der Waals surface area contributed by atoms with E-state index in [0.717, 1.165) is 25.8 Å². The molecule has 0 aliphatic carbocycles. The van der Waals surface area contributed by atoms with Gasteiger partial charge in [0.15, 0.2) is 4.34 Å². The Morgan fingerprint density at radius 3 is 2.50 bits per heavy atom. The summed E-state index contributed by atoms with van der Waals surface area (Å²) in [5.74, 6) is -0.372. The van der Waals surface area contributed by atoms with E-state index < -0.39 is 11.8 Å². The van der Waals surface area contributed by atoms with Crippen molar-refractivity contribution in [2.45, 2.75) is 11.3 Å². The molecule has 0 saturated carbocycles. The van der Waals surface area contributed by atoms with Crippen LogP contribution in [0.5, 0.6) is 0 Å². The number of carbonyl (C=O) groups excluding carboxylic acids is 2. The van der Waals surface area contributed by atoms with Crippen LogP contribution < -0.4 is 16.0 Å². The van der Waals surface area contributed by atoms with Crippen LogP contribution in [0, 0.1) is 12.7 Å². The molecule has 4 rings (SSSR count). The lowest BCUT2D eigenvalue weighted by Gasteiger charge is -2.08. The lowest BCUT2D eigenvalue weighted by molar-refractivity contribution is -0.113. The largest absolute Gasteiger partial charge is 0.325 e. The van der Waals surface area contributed by atoms with Gasteiger partial charge in [0.1, 0.15) is 5.82 Å². The Kier molecular flexibility index (Phi) is 6.67. The van der Waals surface area contributed by atoms with Crippen LogP contribution in [0.4, 0.5) is 26.2 Å². The van der Waals surface area contributed by atoms with Gasteiger partial charge in [0.25, 0.3) is 0 Å². The molecule has 4 aromatic rings. The summed E-state index contributed by atoms with van der Waals surface area (Å²) in [7, 11) is 0. The van der Waals surface area contributed by atoms with Crippen LogP contribution in [-0.4, -0.2) is 22.7 Å². The second-order valence-electron chi connectivity index (χ2n) is 6.92. The Hall–Kier alpha value is -3.43. The number of thiazole rings is 1. The van der Waals surface area contributed by atoms with Crippen molar-refractivity contribution in [3.8, 4) is 0 Å². The zero-order chi connectivity index (χ0) is 22.5. The van der Waals surface area contributed by atoms with Crippen LogP contribution in [-0.2, 0) is 4.79 Å². The van der Waals surface area contributed by atoms with Crippen molar-refractivity contribution in [3.05, 3.63) is 78.1 Å². The highest BCUT2D eigenvalue weighted by Gasteiger charge is 2.11. The van der Waals surface area contributed by atoms with Gasteiger partial charge >= 0.3 is 6.03 Å². The lowest BCUT2D eigenvalue weighted by atomic mass is 10.2. The van der Waals surface area contributed by atoms with Crippen LogP contribution in [0.2, 0.25) is 0 Å². The van der Waals surface area contributed by atoms with Gasteiger partial charge < -0.3 is 16.0 Å². The first-order chi connectivity index (χ1) is 15.5. The van der Waals surface area contributed by atoms with Gasteiger partial charge in [-0.15, -0.1) is 11.3 Å². The number of anilines is 3. The normalized spacial score (nSPS) is 10.7. The van der Waals surface area contributed by atoms with Crippen LogP contribution in [0.1, 0.15) is 5.56 Å². The summed E-state index contributed by atoms with van der Waals surface area (Å²) in [5.41, 5.74) is 3.33. The molecule has 9 heteroatoms. The highest BCUT2D eigenvalue weighted by atomic mass is 32.2. The van der Waals surface area contributed by atoms with Gasteiger partial charge in [-0.05, 0) is 49.4 Å². The topological polar surface area (TPSA) is 83.1 Å². The summed E-state index contributed by atoms with van der Waals surface area (Å²) in [4.78, 5) is 28.9. The smallest absolute Gasteiger partial charge is 0.323 e. The molecule has 0 aliphatic heterocycles. The van der Waals surface area contributed by atoms with Crippen LogP contribution in [0.3, 0.4) is 0 Å². The average molecular weight is 467 g/mol. The first kappa shape index (κ1) is 21.8. The maximum atomic E-state index is 13.7. The van der Waals surface area contributed by atoms with E-state index in [1.807, 2.05) is 31.2 Å². The fourth-order valence-electron chi connectivity index (χ4n) is 2.85. The molecule has 32 heavy (non-hydrogen) atoms. The zero-order valence-corrected chi connectivity index (χ0v) is 18.6. The van der Waals surface area contributed by atoms with Gasteiger partial charge in [-0.2, -0.15) is 0 Å². The number of hydrogen-bond acceptors (Lipinski definition) is 5. The highest BCUT2D eigenvalue weighted by molar-refractivity contribution is 8.01. The number of hydrogen-bond donors (Lipinski definition) is 3. The van der Waals surface area contributed by atoms with Crippen LogP contribution in [0.25, 0.3) is 10.2 Å². The third-order valence-electron chi connectivity index (χ3n) is 4.41. The van der Waals surface area contributed by atoms with Crippen molar-refractivity contribution < 1.29 is 14.0 Å². The second-order valence-corrected chi connectivity index (χ2v) is 9.18. The van der Waals surface area contributed by atoms with E-state index in [1.54, 1.807) is 30.3 Å². The first-order valence-electron chi connectivity index (χ1n) is 9.69. The molecule has 1 heterocycles. The summed E-state index contributed by atoms with van der Waals surface area (Å²) >= 11 is 2.79. The summed E-state index contributed by atoms with van der Waals surface area (Å²) < 4.78 is 15.3. The van der Waals surface area contributed by atoms with Crippen molar-refractivity contribution in [1.29, 1.82) is 0 Å². The Morgan fingerprint density at radius 2 is 1.72 bits per heavy atom. The van der Waals surface area contributed by atoms with Crippen molar-refractivity contribution in [2.75, 3.05) is 21.7 Å². The molecule has 0 fully saturated rings. The predicted octanol–water partition coefficient (Wildman–Crippen LogP) is 6.12. The molecular weight excluding hydrogens is 447 g/mol. The van der Waals surface area contributed by atoms with E-state index in [9.17, 15) is 14.0 Å². The van der Waals surface area contributed by atoms with Gasteiger partial charge in [0.2, 0.25) is 5.91 Å². The molecule has 0 radical (unpaired) electrons. The standard InChI is InChI=1S/C23H19FN4O2S2/c1-14-6-8-15(9-7-14)25-21(29)13-31-23-28-19-11-10-16(12-20(19)32-23)26-22(30)27-18-5-3-2-4-17(18)24/h2-12H,13H2,1H3,(H,25,29)(H2,26,27,30). The van der Waals surface area contributed by atoms with Crippen molar-refractivity contribution >= 4 is 62.3 Å². The molecular formula is C23H19FN4O2S2. The highest BCUT2D eigenvalue weighted by Crippen LogP contribution is 2.31. The molecule has 0 aliphatic rings. The monoisotopic (exact) mass is 466 g/mol. The minimum absolute atomic E-state index is 0.103. The number of fused-ring (bicyclic) bond motifs is 1. The SMILES string of the molecule is Cc1ccc(NC(=O)CSc2nc3ccc(NC(=O)Nc4ccccc4F)cc3s2)cc1. The molecule has 1 aromatic heterocycles. The third-order valence-corrected chi connectivity index (χ3v) is 6.57. The van der Waals surface area contributed by atoms with E-state index in [1.165, 1.54) is 35.2 Å². The zero-order valence-electron chi connectivity index (χ0n) is 17.0. The Bertz CT molecular complexity index is 1270. The van der Waals surface area contributed by atoms with Gasteiger partial charge in [0.05, 0.1) is 21.7 Å². The van der Waals surface area contributed by atoms with E-state index in [-0.39, 0.29) is 17.3 Å². The van der Waals surface area contributed by atoms with Crippen LogP contribution in [0.15, 0.2) is 71.1 Å². The minimum atomic E-state index is -0.540. The Balaban J connectivity index is 1.35. The number of amides is 3. The number of thioether (sulfide) groups is 1. The number of halogens is 1. The van der Waals surface area contributed by atoms with Gasteiger partial charge in [-0.25, -0.2) is 14.2 Å². The van der Waals surface area contributed by atoms with E-state index in [0.29, 0.717) is 5.69 Å². The molecule has 3 N–H and O–H groups in total. The molecule has 0 bridgehead atoms. The number of nitrogens with one attached hydrogen (secondary N) is 3. The van der Waals surface area contributed by atoms with Gasteiger partial charge in [0, 0.05) is 11.4 Å². The number of benzene rings is 3. The third kappa shape index (κ3) is 5.63. The number of carbonyl (C=O) groups is 2. The molecule has 162 valence electrons. The fraction of sp³-hybridized carbons (Fsp3) is 0.0870. The molecule has 0 spiro atoms. The summed E-state index contributed by atoms with van der Waals surface area (Å²) in [5, 5.41) is 8.04. The lowest BCUT2D eigenvalue weighted by Crippen LogP contribution is -2.19. The van der Waals surface area contributed by atoms with Gasteiger partial charge in [-0.1, -0.05) is 41.6 Å². The molecule has 6 nitrogen and oxygen atoms in total. The van der Waals surface area contributed by atoms with Crippen molar-refractivity contribution in [1.82, 2.24) is 4.98 Å².